The van der Waals surface area contributed by atoms with Crippen LogP contribution in [0.25, 0.3) is 0 Å². The molecule has 6 rings (SSSR count). The highest BCUT2D eigenvalue weighted by molar-refractivity contribution is 7.92. The maximum atomic E-state index is 14.6. The molecule has 5 aromatic rings. The van der Waals surface area contributed by atoms with Crippen molar-refractivity contribution in [1.29, 1.82) is 0 Å². The van der Waals surface area contributed by atoms with E-state index in [0.717, 1.165) is 16.7 Å². The van der Waals surface area contributed by atoms with Gasteiger partial charge < -0.3 is 14.4 Å². The number of methoxy groups -OCH3 is 2. The first-order valence-corrected chi connectivity index (χ1v) is 16.4. The molecule has 0 saturated carbocycles. The summed E-state index contributed by atoms with van der Waals surface area (Å²) in [5, 5.41) is 0. The van der Waals surface area contributed by atoms with E-state index in [9.17, 15) is 18.0 Å². The number of hydrogen-bond acceptors (Lipinski definition) is 7. The van der Waals surface area contributed by atoms with Crippen LogP contribution in [0.15, 0.2) is 126 Å². The molecular weight excluding hydrogens is 614 g/mol. The van der Waals surface area contributed by atoms with Gasteiger partial charge in [-0.3, -0.25) is 14.4 Å². The third-order valence-corrected chi connectivity index (χ3v) is 9.44. The van der Waals surface area contributed by atoms with Crippen molar-refractivity contribution in [1.82, 2.24) is 0 Å². The fourth-order valence-corrected chi connectivity index (χ4v) is 6.73. The van der Waals surface area contributed by atoms with E-state index < -0.39 is 22.2 Å². The second-order valence-corrected chi connectivity index (χ2v) is 12.8. The van der Waals surface area contributed by atoms with E-state index in [-0.39, 0.29) is 16.4 Å². The Bertz CT molecular complexity index is 2010. The van der Waals surface area contributed by atoms with Crippen LogP contribution in [0.1, 0.15) is 43.6 Å². The SMILES string of the molecule is COC(=O)c1ccc([C@H]2N(Cc3ccccc3)c3ccc(S(=O)(=O)Nc4ccc(C)cc4)cc3C(=O)N2c2ccc(OC)cc2)cc1. The number of esters is 1. The Morgan fingerprint density at radius 3 is 2.15 bits per heavy atom. The van der Waals surface area contributed by atoms with Crippen LogP contribution in [0, 0.1) is 6.92 Å². The van der Waals surface area contributed by atoms with E-state index >= 15 is 0 Å². The standard InChI is InChI=1S/C37H33N3O6S/c1-25-9-15-29(16-10-25)38-47(43,44)32-21-22-34-33(23-32)36(41)40(30-17-19-31(45-2)20-18-30)35(39(34)24-26-7-5-4-6-8-26)27-11-13-28(14-12-27)37(42)46-3/h4-23,35,38H,24H2,1-3H3/t35-/m0/s1. The molecule has 0 bridgehead atoms. The zero-order chi connectivity index (χ0) is 33.1. The predicted molar refractivity (Wildman–Crippen MR) is 181 cm³/mol. The lowest BCUT2D eigenvalue weighted by atomic mass is 9.98. The van der Waals surface area contributed by atoms with Crippen molar-refractivity contribution in [2.75, 3.05) is 28.7 Å². The number of sulfonamides is 1. The minimum atomic E-state index is -4.03. The number of aryl methyl sites for hydroxylation is 1. The monoisotopic (exact) mass is 647 g/mol. The van der Waals surface area contributed by atoms with Gasteiger partial charge in [-0.2, -0.15) is 0 Å². The summed E-state index contributed by atoms with van der Waals surface area (Å²) in [6.07, 6.45) is -0.663. The third-order valence-electron chi connectivity index (χ3n) is 8.06. The molecule has 1 heterocycles. The quantitative estimate of drug-likeness (QED) is 0.173. The number of ether oxygens (including phenoxy) is 2. The normalized spacial score (nSPS) is 14.4. The Morgan fingerprint density at radius 2 is 1.51 bits per heavy atom. The zero-order valence-electron chi connectivity index (χ0n) is 26.1. The predicted octanol–water partition coefficient (Wildman–Crippen LogP) is 6.96. The molecule has 0 unspecified atom stereocenters. The fourth-order valence-electron chi connectivity index (χ4n) is 5.64. The zero-order valence-corrected chi connectivity index (χ0v) is 26.9. The largest absolute Gasteiger partial charge is 0.497 e. The van der Waals surface area contributed by atoms with Gasteiger partial charge in [-0.1, -0.05) is 60.2 Å². The second-order valence-electron chi connectivity index (χ2n) is 11.1. The van der Waals surface area contributed by atoms with Gasteiger partial charge in [0, 0.05) is 17.9 Å². The maximum absolute atomic E-state index is 14.6. The number of rotatable bonds is 9. The summed E-state index contributed by atoms with van der Waals surface area (Å²) in [5.41, 5.74) is 4.89. The van der Waals surface area contributed by atoms with Crippen LogP contribution in [0.3, 0.4) is 0 Å². The van der Waals surface area contributed by atoms with E-state index in [1.807, 2.05) is 49.4 Å². The minimum absolute atomic E-state index is 0.0413. The van der Waals surface area contributed by atoms with Gasteiger partial charge in [0.15, 0.2) is 0 Å². The average molecular weight is 648 g/mol. The highest BCUT2D eigenvalue weighted by Crippen LogP contribution is 2.43. The maximum Gasteiger partial charge on any atom is 0.337 e. The van der Waals surface area contributed by atoms with Gasteiger partial charge in [-0.05, 0) is 84.8 Å². The fraction of sp³-hybridized carbons (Fsp3) is 0.135. The molecule has 238 valence electrons. The Balaban J connectivity index is 1.52. The van der Waals surface area contributed by atoms with Crippen LogP contribution in [-0.4, -0.2) is 34.5 Å². The summed E-state index contributed by atoms with van der Waals surface area (Å²) in [4.78, 5) is 30.5. The molecular formula is C37H33N3O6S. The van der Waals surface area contributed by atoms with Crippen LogP contribution in [-0.2, 0) is 21.3 Å². The Kier molecular flexibility index (Phi) is 8.69. The number of nitrogens with one attached hydrogen (secondary N) is 1. The number of benzene rings is 5. The summed E-state index contributed by atoms with van der Waals surface area (Å²) in [7, 11) is -1.14. The third kappa shape index (κ3) is 6.41. The van der Waals surface area contributed by atoms with Gasteiger partial charge in [0.25, 0.3) is 15.9 Å². The Hall–Kier alpha value is -5.61. The van der Waals surface area contributed by atoms with Gasteiger partial charge in [0.05, 0.1) is 35.9 Å². The van der Waals surface area contributed by atoms with E-state index in [2.05, 4.69) is 9.62 Å². The lowest BCUT2D eigenvalue weighted by molar-refractivity contribution is 0.0600. The molecule has 9 nitrogen and oxygen atoms in total. The van der Waals surface area contributed by atoms with Crippen LogP contribution in [0.2, 0.25) is 0 Å². The number of carbonyl (C=O) groups is 2. The van der Waals surface area contributed by atoms with Crippen molar-refractivity contribution >= 4 is 39.0 Å². The summed E-state index contributed by atoms with van der Waals surface area (Å²) < 4.78 is 40.0. The van der Waals surface area contributed by atoms with E-state index in [1.54, 1.807) is 78.7 Å². The molecule has 5 aromatic carbocycles. The minimum Gasteiger partial charge on any atom is -0.497 e. The van der Waals surface area contributed by atoms with E-state index in [1.165, 1.54) is 19.2 Å². The molecule has 0 spiro atoms. The van der Waals surface area contributed by atoms with Gasteiger partial charge in [-0.15, -0.1) is 0 Å². The highest BCUT2D eigenvalue weighted by Gasteiger charge is 2.40. The molecule has 47 heavy (non-hydrogen) atoms. The molecule has 0 saturated heterocycles. The van der Waals surface area contributed by atoms with Crippen LogP contribution in [0.5, 0.6) is 5.75 Å². The lowest BCUT2D eigenvalue weighted by Gasteiger charge is -2.46. The Labute approximate surface area is 274 Å². The second kappa shape index (κ2) is 13.0. The molecule has 1 N–H and O–H groups in total. The number of fused-ring (bicyclic) bond motifs is 1. The van der Waals surface area contributed by atoms with E-state index in [4.69, 9.17) is 9.47 Å². The van der Waals surface area contributed by atoms with Gasteiger partial charge in [0.1, 0.15) is 11.9 Å². The molecule has 0 radical (unpaired) electrons. The van der Waals surface area contributed by atoms with Crippen molar-refractivity contribution in [3.63, 3.8) is 0 Å². The summed E-state index contributed by atoms with van der Waals surface area (Å²) in [6.45, 7) is 2.31. The van der Waals surface area contributed by atoms with Crippen molar-refractivity contribution in [2.45, 2.75) is 24.5 Å². The molecule has 0 aliphatic carbocycles. The number of anilines is 3. The molecule has 1 aliphatic rings. The average Bonchev–Trinajstić information content (AvgIpc) is 3.10. The van der Waals surface area contributed by atoms with Gasteiger partial charge in [-0.25, -0.2) is 13.2 Å². The molecule has 0 aromatic heterocycles. The smallest absolute Gasteiger partial charge is 0.337 e. The molecule has 0 fully saturated rings. The van der Waals surface area contributed by atoms with Crippen LogP contribution >= 0.6 is 0 Å². The molecule has 1 aliphatic heterocycles. The number of nitrogens with zero attached hydrogens (tertiary/aromatic N) is 2. The van der Waals surface area contributed by atoms with Crippen molar-refractivity contribution < 1.29 is 27.5 Å². The van der Waals surface area contributed by atoms with Gasteiger partial charge in [0.2, 0.25) is 0 Å². The number of amides is 1. The van der Waals surface area contributed by atoms with E-state index in [0.29, 0.717) is 34.9 Å². The molecule has 10 heteroatoms. The van der Waals surface area contributed by atoms with Crippen molar-refractivity contribution in [3.8, 4) is 5.75 Å². The van der Waals surface area contributed by atoms with Crippen LogP contribution in [0.4, 0.5) is 17.1 Å². The number of carbonyl (C=O) groups excluding carboxylic acids is 2. The van der Waals surface area contributed by atoms with Crippen molar-refractivity contribution in [2.24, 2.45) is 0 Å². The number of hydrogen-bond donors (Lipinski definition) is 1. The molecule has 1 amide bonds. The first-order chi connectivity index (χ1) is 22.7. The summed E-state index contributed by atoms with van der Waals surface area (Å²) in [6, 6.07) is 35.5. The first kappa shape index (κ1) is 31.4. The summed E-state index contributed by atoms with van der Waals surface area (Å²) in [5.74, 6) is -0.235. The Morgan fingerprint density at radius 1 is 0.830 bits per heavy atom. The van der Waals surface area contributed by atoms with Crippen LogP contribution < -0.4 is 19.3 Å². The topological polar surface area (TPSA) is 105 Å². The summed E-state index contributed by atoms with van der Waals surface area (Å²) >= 11 is 0. The lowest BCUT2D eigenvalue weighted by Crippen LogP contribution is -2.49. The first-order valence-electron chi connectivity index (χ1n) is 14.9. The molecule has 1 atom stereocenters. The highest BCUT2D eigenvalue weighted by atomic mass is 32.2. The van der Waals surface area contributed by atoms with Crippen molar-refractivity contribution in [3.05, 3.63) is 149 Å². The van der Waals surface area contributed by atoms with Gasteiger partial charge >= 0.3 is 5.97 Å².